The highest BCUT2D eigenvalue weighted by atomic mass is 32.2. The van der Waals surface area contributed by atoms with Crippen LogP contribution in [0.25, 0.3) is 10.2 Å². The predicted molar refractivity (Wildman–Crippen MR) is 126 cm³/mol. The molecule has 6 nitrogen and oxygen atoms in total. The van der Waals surface area contributed by atoms with Gasteiger partial charge in [0.2, 0.25) is 15.9 Å². The van der Waals surface area contributed by atoms with Gasteiger partial charge in [0.1, 0.15) is 0 Å². The molecule has 0 bridgehead atoms. The molecule has 3 aromatic rings. The van der Waals surface area contributed by atoms with Crippen molar-refractivity contribution in [2.45, 2.75) is 33.2 Å². The quantitative estimate of drug-likeness (QED) is 0.578. The van der Waals surface area contributed by atoms with Crippen LogP contribution in [0.3, 0.4) is 0 Å². The Balaban J connectivity index is 1.72. The Morgan fingerprint density at radius 2 is 1.87 bits per heavy atom. The second kappa shape index (κ2) is 8.68. The average Bonchev–Trinajstić information content (AvgIpc) is 3.21. The zero-order valence-electron chi connectivity index (χ0n) is 18.0. The summed E-state index contributed by atoms with van der Waals surface area (Å²) in [5.74, 6) is -0.437. The van der Waals surface area contributed by atoms with Gasteiger partial charge >= 0.3 is 0 Å². The van der Waals surface area contributed by atoms with Gasteiger partial charge in [-0.3, -0.25) is 9.69 Å². The van der Waals surface area contributed by atoms with Crippen LogP contribution in [0, 0.1) is 19.8 Å². The molecule has 0 saturated carbocycles. The lowest BCUT2D eigenvalue weighted by molar-refractivity contribution is -0.123. The van der Waals surface area contributed by atoms with Gasteiger partial charge in [-0.15, -0.1) is 0 Å². The zero-order chi connectivity index (χ0) is 22.2. The van der Waals surface area contributed by atoms with E-state index in [1.54, 1.807) is 4.90 Å². The molecule has 1 aromatic heterocycles. The lowest BCUT2D eigenvalue weighted by Gasteiger charge is -2.33. The van der Waals surface area contributed by atoms with Crippen LogP contribution < -0.4 is 4.90 Å². The minimum atomic E-state index is -3.32. The number of piperidine rings is 1. The third-order valence-corrected chi connectivity index (χ3v) is 8.30. The van der Waals surface area contributed by atoms with E-state index in [0.717, 1.165) is 26.9 Å². The van der Waals surface area contributed by atoms with Gasteiger partial charge in [0.15, 0.2) is 5.13 Å². The van der Waals surface area contributed by atoms with Gasteiger partial charge in [-0.25, -0.2) is 17.7 Å². The molecule has 31 heavy (non-hydrogen) atoms. The van der Waals surface area contributed by atoms with E-state index in [0.29, 0.717) is 31.1 Å². The molecule has 4 rings (SSSR count). The lowest BCUT2D eigenvalue weighted by Crippen LogP contribution is -2.46. The summed E-state index contributed by atoms with van der Waals surface area (Å²) < 4.78 is 26.6. The molecule has 0 spiro atoms. The highest BCUT2D eigenvalue weighted by Gasteiger charge is 2.34. The fraction of sp³-hybridized carbons (Fsp3) is 0.391. The maximum absolute atomic E-state index is 13.7. The first-order chi connectivity index (χ1) is 14.7. The number of aromatic nitrogens is 1. The molecule has 0 aliphatic carbocycles. The Hall–Kier alpha value is -2.29. The van der Waals surface area contributed by atoms with Crippen LogP contribution in [-0.4, -0.2) is 43.0 Å². The van der Waals surface area contributed by atoms with Gasteiger partial charge in [-0.1, -0.05) is 53.8 Å². The van der Waals surface area contributed by atoms with Gasteiger partial charge in [-0.05, 0) is 43.4 Å². The summed E-state index contributed by atoms with van der Waals surface area (Å²) in [5, 5.41) is 0.665. The minimum absolute atomic E-state index is 0.0634. The minimum Gasteiger partial charge on any atom is -0.283 e. The third kappa shape index (κ3) is 4.66. The van der Waals surface area contributed by atoms with E-state index in [1.165, 1.54) is 21.9 Å². The molecule has 2 aromatic carbocycles. The Kier molecular flexibility index (Phi) is 6.14. The number of amides is 1. The molecule has 1 aliphatic rings. The van der Waals surface area contributed by atoms with E-state index in [9.17, 15) is 13.2 Å². The molecule has 1 amide bonds. The van der Waals surface area contributed by atoms with Crippen LogP contribution in [0.2, 0.25) is 0 Å². The summed E-state index contributed by atoms with van der Waals surface area (Å²) in [5.41, 5.74) is 4.15. The van der Waals surface area contributed by atoms with Crippen LogP contribution in [0.1, 0.15) is 29.5 Å². The SMILES string of the molecule is Cc1ccc(C)c2sc(N(Cc3ccccc3)C(=O)C3CCCN(S(C)(=O)=O)C3)nc12. The molecule has 1 saturated heterocycles. The molecule has 1 unspecified atom stereocenters. The van der Waals surface area contributed by atoms with Gasteiger partial charge < -0.3 is 0 Å². The smallest absolute Gasteiger partial charge is 0.233 e. The van der Waals surface area contributed by atoms with Gasteiger partial charge in [0.25, 0.3) is 0 Å². The monoisotopic (exact) mass is 457 g/mol. The third-order valence-electron chi connectivity index (χ3n) is 5.81. The van der Waals surface area contributed by atoms with Crippen LogP contribution in [0.15, 0.2) is 42.5 Å². The molecule has 2 heterocycles. The first kappa shape index (κ1) is 21.9. The number of anilines is 1. The average molecular weight is 458 g/mol. The van der Waals surface area contributed by atoms with Gasteiger partial charge in [-0.2, -0.15) is 0 Å². The van der Waals surface area contributed by atoms with Crippen molar-refractivity contribution in [1.29, 1.82) is 0 Å². The Morgan fingerprint density at radius 1 is 1.16 bits per heavy atom. The van der Waals surface area contributed by atoms with Crippen molar-refractivity contribution in [3.05, 3.63) is 59.2 Å². The highest BCUT2D eigenvalue weighted by Crippen LogP contribution is 2.35. The van der Waals surface area contributed by atoms with E-state index in [1.807, 2.05) is 37.3 Å². The number of benzene rings is 2. The largest absolute Gasteiger partial charge is 0.283 e. The maximum Gasteiger partial charge on any atom is 0.233 e. The molecule has 1 aliphatic heterocycles. The molecule has 164 valence electrons. The fourth-order valence-electron chi connectivity index (χ4n) is 4.03. The summed E-state index contributed by atoms with van der Waals surface area (Å²) in [6.45, 7) is 5.19. The van der Waals surface area contributed by atoms with Gasteiger partial charge in [0.05, 0.1) is 28.9 Å². The highest BCUT2D eigenvalue weighted by molar-refractivity contribution is 7.88. The van der Waals surface area contributed by atoms with Crippen molar-refractivity contribution >= 4 is 42.6 Å². The van der Waals surface area contributed by atoms with E-state index in [4.69, 9.17) is 4.98 Å². The number of hydrogen-bond donors (Lipinski definition) is 0. The van der Waals surface area contributed by atoms with Crippen LogP contribution in [0.4, 0.5) is 5.13 Å². The normalized spacial score (nSPS) is 17.7. The molecular weight excluding hydrogens is 430 g/mol. The van der Waals surface area contributed by atoms with E-state index < -0.39 is 10.0 Å². The van der Waals surface area contributed by atoms with E-state index in [-0.39, 0.29) is 18.4 Å². The van der Waals surface area contributed by atoms with Crippen LogP contribution in [-0.2, 0) is 21.4 Å². The fourth-order valence-corrected chi connectivity index (χ4v) is 6.06. The molecule has 1 fully saturated rings. The predicted octanol–water partition coefficient (Wildman–Crippen LogP) is 4.12. The summed E-state index contributed by atoms with van der Waals surface area (Å²) in [4.78, 5) is 20.3. The Bertz CT molecular complexity index is 1170. The standard InChI is InChI=1S/C23H27N3O3S2/c1-16-11-12-17(2)21-20(16)24-23(30-21)26(14-18-8-5-4-6-9-18)22(27)19-10-7-13-25(15-19)31(3,28)29/h4-6,8-9,11-12,19H,7,10,13-15H2,1-3H3. The van der Waals surface area contributed by atoms with Crippen molar-refractivity contribution in [3.63, 3.8) is 0 Å². The van der Waals surface area contributed by atoms with Crippen LogP contribution in [0.5, 0.6) is 0 Å². The second-order valence-electron chi connectivity index (χ2n) is 8.24. The van der Waals surface area contributed by atoms with E-state index >= 15 is 0 Å². The number of carbonyl (C=O) groups excluding carboxylic acids is 1. The maximum atomic E-state index is 13.7. The van der Waals surface area contributed by atoms with Crippen molar-refractivity contribution < 1.29 is 13.2 Å². The van der Waals surface area contributed by atoms with Crippen molar-refractivity contribution in [2.75, 3.05) is 24.2 Å². The summed E-state index contributed by atoms with van der Waals surface area (Å²) in [7, 11) is -3.32. The van der Waals surface area contributed by atoms with Crippen molar-refractivity contribution in [2.24, 2.45) is 5.92 Å². The molecule has 8 heteroatoms. The Labute approximate surface area is 187 Å². The van der Waals surface area contributed by atoms with Crippen molar-refractivity contribution in [3.8, 4) is 0 Å². The second-order valence-corrected chi connectivity index (χ2v) is 11.2. The van der Waals surface area contributed by atoms with Gasteiger partial charge in [0, 0.05) is 13.1 Å². The number of sulfonamides is 1. The first-order valence-corrected chi connectivity index (χ1v) is 13.1. The summed E-state index contributed by atoms with van der Waals surface area (Å²) in [6, 6.07) is 14.0. The zero-order valence-corrected chi connectivity index (χ0v) is 19.7. The molecule has 1 atom stereocenters. The van der Waals surface area contributed by atoms with E-state index in [2.05, 4.69) is 19.1 Å². The number of hydrogen-bond acceptors (Lipinski definition) is 5. The number of nitrogens with zero attached hydrogens (tertiary/aromatic N) is 3. The molecule has 0 N–H and O–H groups in total. The summed E-state index contributed by atoms with van der Waals surface area (Å²) >= 11 is 1.53. The number of fused-ring (bicyclic) bond motifs is 1. The topological polar surface area (TPSA) is 70.6 Å². The molecule has 0 radical (unpaired) electrons. The number of aryl methyl sites for hydroxylation is 2. The summed E-state index contributed by atoms with van der Waals surface area (Å²) in [6.07, 6.45) is 2.57. The molecular formula is C23H27N3O3S2. The Morgan fingerprint density at radius 3 is 2.55 bits per heavy atom. The number of thiazole rings is 1. The van der Waals surface area contributed by atoms with Crippen LogP contribution >= 0.6 is 11.3 Å². The lowest BCUT2D eigenvalue weighted by atomic mass is 9.98. The van der Waals surface area contributed by atoms with Crippen molar-refractivity contribution in [1.82, 2.24) is 9.29 Å². The number of carbonyl (C=O) groups is 1. The first-order valence-electron chi connectivity index (χ1n) is 10.4. The number of rotatable bonds is 5.